The molecule has 0 bridgehead atoms. The van der Waals surface area contributed by atoms with Crippen LogP contribution >= 0.6 is 23.2 Å². The second-order valence-corrected chi connectivity index (χ2v) is 9.57. The van der Waals surface area contributed by atoms with Crippen LogP contribution in [0.2, 0.25) is 10.0 Å². The Morgan fingerprint density at radius 2 is 1.83 bits per heavy atom. The molecule has 0 N–H and O–H groups in total. The summed E-state index contributed by atoms with van der Waals surface area (Å²) in [5.41, 5.74) is 1.04. The zero-order valence-electron chi connectivity index (χ0n) is 12.8. The third-order valence-corrected chi connectivity index (χ3v) is 7.35. The van der Waals surface area contributed by atoms with Gasteiger partial charge in [0.05, 0.1) is 21.6 Å². The molecule has 3 rings (SSSR count). The van der Waals surface area contributed by atoms with Crippen LogP contribution in [-0.2, 0) is 14.6 Å². The molecular formula is C16H19Cl2NO3S. The molecule has 2 atom stereocenters. The fourth-order valence-corrected chi connectivity index (χ4v) is 5.06. The average Bonchev–Trinajstić information content (AvgIpc) is 3.29. The molecule has 1 aromatic rings. The molecule has 1 aromatic carbocycles. The minimum absolute atomic E-state index is 0.0288. The van der Waals surface area contributed by atoms with Gasteiger partial charge in [-0.2, -0.15) is 0 Å². The molecule has 1 heterocycles. The first-order valence-electron chi connectivity index (χ1n) is 7.70. The average molecular weight is 376 g/mol. The van der Waals surface area contributed by atoms with Gasteiger partial charge in [0.2, 0.25) is 5.91 Å². The second kappa shape index (κ2) is 6.26. The summed E-state index contributed by atoms with van der Waals surface area (Å²) < 4.78 is 23.0. The number of hydrogen-bond acceptors (Lipinski definition) is 3. The molecule has 2 unspecified atom stereocenters. The van der Waals surface area contributed by atoms with E-state index in [9.17, 15) is 13.2 Å². The Balaban J connectivity index is 1.62. The molecule has 23 heavy (non-hydrogen) atoms. The molecule has 1 saturated heterocycles. The number of carbonyl (C=O) groups excluding carboxylic acids is 1. The first-order valence-corrected chi connectivity index (χ1v) is 10.3. The monoisotopic (exact) mass is 375 g/mol. The molecule has 2 aliphatic rings. The molecule has 2 fully saturated rings. The Morgan fingerprint density at radius 1 is 1.17 bits per heavy atom. The van der Waals surface area contributed by atoms with E-state index < -0.39 is 9.84 Å². The zero-order chi connectivity index (χ0) is 16.8. The van der Waals surface area contributed by atoms with Crippen LogP contribution in [0.5, 0.6) is 0 Å². The molecule has 0 radical (unpaired) electrons. The van der Waals surface area contributed by atoms with Gasteiger partial charge >= 0.3 is 0 Å². The van der Waals surface area contributed by atoms with Crippen molar-refractivity contribution in [3.63, 3.8) is 0 Å². The number of hydrogen-bond donors (Lipinski definition) is 0. The molecule has 4 nitrogen and oxygen atoms in total. The van der Waals surface area contributed by atoms with Crippen molar-refractivity contribution in [2.24, 2.45) is 5.92 Å². The Morgan fingerprint density at radius 3 is 2.43 bits per heavy atom. The van der Waals surface area contributed by atoms with Crippen LogP contribution in [0.1, 0.15) is 30.7 Å². The van der Waals surface area contributed by atoms with Crippen LogP contribution in [0.25, 0.3) is 0 Å². The van der Waals surface area contributed by atoms with E-state index in [4.69, 9.17) is 23.2 Å². The van der Waals surface area contributed by atoms with Crippen LogP contribution in [0.15, 0.2) is 18.2 Å². The number of amides is 1. The minimum atomic E-state index is -2.91. The Labute approximate surface area is 146 Å². The van der Waals surface area contributed by atoms with Crippen molar-refractivity contribution in [2.75, 3.05) is 18.6 Å². The van der Waals surface area contributed by atoms with E-state index >= 15 is 0 Å². The highest BCUT2D eigenvalue weighted by Crippen LogP contribution is 2.49. The quantitative estimate of drug-likeness (QED) is 0.815. The van der Waals surface area contributed by atoms with Gasteiger partial charge in [-0.3, -0.25) is 4.79 Å². The Hall–Kier alpha value is -0.780. The summed E-state index contributed by atoms with van der Waals surface area (Å²) in [4.78, 5) is 14.4. The van der Waals surface area contributed by atoms with Crippen molar-refractivity contribution in [1.82, 2.24) is 4.90 Å². The highest BCUT2D eigenvalue weighted by atomic mass is 35.5. The van der Waals surface area contributed by atoms with Gasteiger partial charge in [0.15, 0.2) is 0 Å². The van der Waals surface area contributed by atoms with Crippen molar-refractivity contribution in [2.45, 2.75) is 31.2 Å². The third kappa shape index (κ3) is 3.67. The van der Waals surface area contributed by atoms with Gasteiger partial charge in [-0.15, -0.1) is 0 Å². The number of halogens is 2. The van der Waals surface area contributed by atoms with E-state index in [1.54, 1.807) is 18.0 Å². The minimum Gasteiger partial charge on any atom is -0.342 e. The van der Waals surface area contributed by atoms with Crippen molar-refractivity contribution in [3.8, 4) is 0 Å². The third-order valence-electron chi connectivity index (χ3n) is 4.90. The number of carbonyl (C=O) groups is 1. The molecule has 0 spiro atoms. The number of sulfone groups is 1. The first-order chi connectivity index (χ1) is 10.8. The van der Waals surface area contributed by atoms with Gasteiger partial charge in [-0.1, -0.05) is 29.3 Å². The summed E-state index contributed by atoms with van der Waals surface area (Å²) in [7, 11) is -1.12. The standard InChI is InChI=1S/C16H19Cl2NO3S/c1-19(11-4-6-23(21,22)7-5-11)16(20)13-9-12(13)10-2-3-14(17)15(18)8-10/h2-3,8,11-13H,4-7,9H2,1H3. The lowest BCUT2D eigenvalue weighted by atomic mass is 10.1. The fraction of sp³-hybridized carbons (Fsp3) is 0.562. The fourth-order valence-electron chi connectivity index (χ4n) is 3.29. The Bertz CT molecular complexity index is 721. The maximum absolute atomic E-state index is 12.6. The molecule has 0 aromatic heterocycles. The lowest BCUT2D eigenvalue weighted by molar-refractivity contribution is -0.133. The smallest absolute Gasteiger partial charge is 0.226 e. The largest absolute Gasteiger partial charge is 0.342 e. The van der Waals surface area contributed by atoms with Crippen LogP contribution < -0.4 is 0 Å². The molecule has 1 saturated carbocycles. The zero-order valence-corrected chi connectivity index (χ0v) is 15.2. The van der Waals surface area contributed by atoms with Gasteiger partial charge < -0.3 is 4.90 Å². The van der Waals surface area contributed by atoms with Crippen molar-refractivity contribution >= 4 is 38.9 Å². The van der Waals surface area contributed by atoms with Crippen LogP contribution in [0, 0.1) is 5.92 Å². The van der Waals surface area contributed by atoms with E-state index in [1.165, 1.54) is 0 Å². The van der Waals surface area contributed by atoms with Crippen LogP contribution in [-0.4, -0.2) is 43.8 Å². The number of nitrogens with zero attached hydrogens (tertiary/aromatic N) is 1. The second-order valence-electron chi connectivity index (χ2n) is 6.45. The van der Waals surface area contributed by atoms with Crippen LogP contribution in [0.3, 0.4) is 0 Å². The highest BCUT2D eigenvalue weighted by Gasteiger charge is 2.46. The highest BCUT2D eigenvalue weighted by molar-refractivity contribution is 7.91. The maximum Gasteiger partial charge on any atom is 0.226 e. The first kappa shape index (κ1) is 17.1. The molecule has 1 aliphatic carbocycles. The summed E-state index contributed by atoms with van der Waals surface area (Å²) in [6.07, 6.45) is 1.88. The number of benzene rings is 1. The van der Waals surface area contributed by atoms with E-state index in [0.717, 1.165) is 12.0 Å². The van der Waals surface area contributed by atoms with Crippen molar-refractivity contribution < 1.29 is 13.2 Å². The summed E-state index contributed by atoms with van der Waals surface area (Å²) in [5, 5.41) is 1.02. The normalized spacial score (nSPS) is 26.7. The summed E-state index contributed by atoms with van der Waals surface area (Å²) in [5.74, 6) is 0.611. The van der Waals surface area contributed by atoms with E-state index in [0.29, 0.717) is 22.9 Å². The van der Waals surface area contributed by atoms with E-state index in [2.05, 4.69) is 0 Å². The summed E-state index contributed by atoms with van der Waals surface area (Å²) >= 11 is 12.0. The van der Waals surface area contributed by atoms with E-state index in [1.807, 2.05) is 12.1 Å². The van der Waals surface area contributed by atoms with Crippen molar-refractivity contribution in [3.05, 3.63) is 33.8 Å². The van der Waals surface area contributed by atoms with Crippen LogP contribution in [0.4, 0.5) is 0 Å². The predicted octanol–water partition coefficient (Wildman–Crippen LogP) is 3.13. The topological polar surface area (TPSA) is 54.5 Å². The molecule has 1 aliphatic heterocycles. The molecule has 1 amide bonds. The summed E-state index contributed by atoms with van der Waals surface area (Å²) in [6, 6.07) is 5.53. The Kier molecular flexibility index (Phi) is 4.64. The van der Waals surface area contributed by atoms with E-state index in [-0.39, 0.29) is 35.3 Å². The maximum atomic E-state index is 12.6. The van der Waals surface area contributed by atoms with Crippen molar-refractivity contribution in [1.29, 1.82) is 0 Å². The lowest BCUT2D eigenvalue weighted by Crippen LogP contribution is -2.43. The van der Waals surface area contributed by atoms with Gasteiger partial charge in [-0.05, 0) is 42.9 Å². The SMILES string of the molecule is CN(C(=O)C1CC1c1ccc(Cl)c(Cl)c1)C1CCS(=O)(=O)CC1. The lowest BCUT2D eigenvalue weighted by Gasteiger charge is -2.31. The molecule has 7 heteroatoms. The molecular weight excluding hydrogens is 357 g/mol. The summed E-state index contributed by atoms with van der Waals surface area (Å²) in [6.45, 7) is 0. The van der Waals surface area contributed by atoms with Gasteiger partial charge in [-0.25, -0.2) is 8.42 Å². The van der Waals surface area contributed by atoms with Gasteiger partial charge in [0.1, 0.15) is 9.84 Å². The predicted molar refractivity (Wildman–Crippen MR) is 91.8 cm³/mol. The van der Waals surface area contributed by atoms with Gasteiger partial charge in [0, 0.05) is 19.0 Å². The molecule has 126 valence electrons. The van der Waals surface area contributed by atoms with Gasteiger partial charge in [0.25, 0.3) is 0 Å². The number of rotatable bonds is 3.